The lowest BCUT2D eigenvalue weighted by molar-refractivity contribution is 0.383. The third kappa shape index (κ3) is 4.93. The molecule has 0 saturated heterocycles. The van der Waals surface area contributed by atoms with Crippen molar-refractivity contribution in [3.8, 4) is 73.3 Å². The Kier molecular flexibility index (Phi) is 7.28. The Morgan fingerprint density at radius 3 is 1.59 bits per heavy atom. The molecule has 1 spiro atoms. The molecule has 0 bridgehead atoms. The minimum Gasteiger partial charge on any atom is -0.457 e. The molecule has 0 atom stereocenters. The van der Waals surface area contributed by atoms with Crippen LogP contribution >= 0.6 is 0 Å². The van der Waals surface area contributed by atoms with Gasteiger partial charge in [-0.05, 0) is 92.8 Å². The van der Waals surface area contributed by atoms with Crippen molar-refractivity contribution in [3.05, 3.63) is 215 Å². The molecular formula is C55H39N3O. The van der Waals surface area contributed by atoms with E-state index in [2.05, 4.69) is 172 Å². The van der Waals surface area contributed by atoms with E-state index in [4.69, 9.17) is 19.7 Å². The standard InChI is InChI=1S/C55H39N3O/c1-54(2)43-19-9-6-16-39(43)42-30-28-38(33-47(42)54)53-57-51(35-14-4-3-5-15-35)56-52(58-53)36-26-24-34(25-27-36)37-29-31-50-48(32-37)55(46-22-12-13-23-49(46)59-50)44-20-10-7-17-40(44)41-18-8-11-21-45(41)55/h3-11,14-33H,12-13H2,1-2H3. The number of rotatable bonds is 4. The molecule has 0 unspecified atom stereocenters. The van der Waals surface area contributed by atoms with Gasteiger partial charge >= 0.3 is 0 Å². The zero-order chi connectivity index (χ0) is 39.3. The molecule has 4 aliphatic rings. The summed E-state index contributed by atoms with van der Waals surface area (Å²) in [5.41, 5.74) is 17.4. The van der Waals surface area contributed by atoms with Gasteiger partial charge in [0.15, 0.2) is 17.5 Å². The maximum atomic E-state index is 6.74. The van der Waals surface area contributed by atoms with Gasteiger partial charge in [-0.2, -0.15) is 0 Å². The summed E-state index contributed by atoms with van der Waals surface area (Å²) in [7, 11) is 0. The number of nitrogens with zero attached hydrogens (tertiary/aromatic N) is 3. The summed E-state index contributed by atoms with van der Waals surface area (Å²) in [6.07, 6.45) is 6.66. The van der Waals surface area contributed by atoms with Crippen LogP contribution in [0, 0.1) is 0 Å². The average molecular weight is 758 g/mol. The Morgan fingerprint density at radius 2 is 0.898 bits per heavy atom. The van der Waals surface area contributed by atoms with Gasteiger partial charge in [0.25, 0.3) is 0 Å². The van der Waals surface area contributed by atoms with E-state index in [9.17, 15) is 0 Å². The summed E-state index contributed by atoms with van der Waals surface area (Å²) in [5.74, 6) is 3.85. The van der Waals surface area contributed by atoms with Crippen LogP contribution in [0.5, 0.6) is 5.75 Å². The van der Waals surface area contributed by atoms with Crippen molar-refractivity contribution in [2.45, 2.75) is 37.5 Å². The summed E-state index contributed by atoms with van der Waals surface area (Å²) >= 11 is 0. The van der Waals surface area contributed by atoms with Crippen LogP contribution in [0.4, 0.5) is 0 Å². The van der Waals surface area contributed by atoms with Crippen LogP contribution in [0.25, 0.3) is 67.5 Å². The van der Waals surface area contributed by atoms with E-state index in [1.807, 2.05) is 18.2 Å². The summed E-state index contributed by atoms with van der Waals surface area (Å²) in [6, 6.07) is 58.8. The molecule has 8 aromatic rings. The molecule has 59 heavy (non-hydrogen) atoms. The number of benzene rings is 7. The molecule has 1 aliphatic heterocycles. The summed E-state index contributed by atoms with van der Waals surface area (Å²) in [5, 5.41) is 0. The topological polar surface area (TPSA) is 47.9 Å². The number of ether oxygens (including phenoxy) is 1. The largest absolute Gasteiger partial charge is 0.457 e. The van der Waals surface area contributed by atoms with Crippen LogP contribution in [0.3, 0.4) is 0 Å². The highest BCUT2D eigenvalue weighted by Gasteiger charge is 2.52. The van der Waals surface area contributed by atoms with E-state index in [0.717, 1.165) is 52.2 Å². The van der Waals surface area contributed by atoms with Gasteiger partial charge in [0, 0.05) is 33.2 Å². The lowest BCUT2D eigenvalue weighted by Crippen LogP contribution is -2.36. The van der Waals surface area contributed by atoms with Crippen LogP contribution < -0.4 is 4.74 Å². The zero-order valence-corrected chi connectivity index (χ0v) is 32.9. The number of hydrogen-bond acceptors (Lipinski definition) is 4. The summed E-state index contributed by atoms with van der Waals surface area (Å²) in [6.45, 7) is 4.61. The van der Waals surface area contributed by atoms with Crippen molar-refractivity contribution >= 4 is 0 Å². The minimum atomic E-state index is -0.465. The molecule has 0 radical (unpaired) electrons. The van der Waals surface area contributed by atoms with Crippen LogP contribution in [-0.4, -0.2) is 15.0 Å². The number of fused-ring (bicyclic) bond motifs is 12. The lowest BCUT2D eigenvalue weighted by Gasteiger charge is -2.42. The van der Waals surface area contributed by atoms with Crippen molar-refractivity contribution < 1.29 is 4.74 Å². The molecule has 2 heterocycles. The molecule has 0 saturated carbocycles. The molecule has 0 amide bonds. The Labute approximate surface area is 344 Å². The first-order valence-corrected chi connectivity index (χ1v) is 20.6. The van der Waals surface area contributed by atoms with Crippen molar-refractivity contribution in [2.24, 2.45) is 0 Å². The highest BCUT2D eigenvalue weighted by molar-refractivity contribution is 5.89. The van der Waals surface area contributed by atoms with Gasteiger partial charge < -0.3 is 4.74 Å². The highest BCUT2D eigenvalue weighted by atomic mass is 16.5. The maximum Gasteiger partial charge on any atom is 0.164 e. The average Bonchev–Trinajstić information content (AvgIpc) is 3.72. The monoisotopic (exact) mass is 757 g/mol. The first-order valence-electron chi connectivity index (χ1n) is 20.6. The third-order valence-electron chi connectivity index (χ3n) is 13.1. The smallest absolute Gasteiger partial charge is 0.164 e. The van der Waals surface area contributed by atoms with Gasteiger partial charge in [0.05, 0.1) is 5.41 Å². The number of aromatic nitrogens is 3. The van der Waals surface area contributed by atoms with Crippen LogP contribution in [0.15, 0.2) is 187 Å². The van der Waals surface area contributed by atoms with Crippen molar-refractivity contribution in [1.82, 2.24) is 15.0 Å². The fourth-order valence-electron chi connectivity index (χ4n) is 10.3. The molecule has 3 aliphatic carbocycles. The molecule has 4 nitrogen and oxygen atoms in total. The second kappa shape index (κ2) is 12.7. The fraction of sp³-hybridized carbons (Fsp3) is 0.109. The molecule has 280 valence electrons. The normalized spacial score (nSPS) is 15.8. The van der Waals surface area contributed by atoms with E-state index in [0.29, 0.717) is 17.5 Å². The van der Waals surface area contributed by atoms with E-state index in [1.165, 1.54) is 55.6 Å². The van der Waals surface area contributed by atoms with Crippen LogP contribution in [-0.2, 0) is 10.8 Å². The van der Waals surface area contributed by atoms with Gasteiger partial charge in [-0.25, -0.2) is 15.0 Å². The maximum absolute atomic E-state index is 6.74. The highest BCUT2D eigenvalue weighted by Crippen LogP contribution is 2.62. The summed E-state index contributed by atoms with van der Waals surface area (Å²) in [4.78, 5) is 15.3. The third-order valence-corrected chi connectivity index (χ3v) is 13.1. The molecule has 7 aromatic carbocycles. The molecular weight excluding hydrogens is 719 g/mol. The summed E-state index contributed by atoms with van der Waals surface area (Å²) < 4.78 is 6.74. The van der Waals surface area contributed by atoms with E-state index >= 15 is 0 Å². The van der Waals surface area contributed by atoms with Crippen LogP contribution in [0.1, 0.15) is 54.5 Å². The van der Waals surface area contributed by atoms with E-state index in [-0.39, 0.29) is 5.41 Å². The second-order valence-electron chi connectivity index (χ2n) is 16.6. The van der Waals surface area contributed by atoms with Crippen molar-refractivity contribution in [2.75, 3.05) is 0 Å². The first kappa shape index (κ1) is 33.9. The first-order chi connectivity index (χ1) is 29.0. The fourth-order valence-corrected chi connectivity index (χ4v) is 10.3. The molecule has 0 N–H and O–H groups in total. The van der Waals surface area contributed by atoms with Crippen LogP contribution in [0.2, 0.25) is 0 Å². The quantitative estimate of drug-likeness (QED) is 0.179. The van der Waals surface area contributed by atoms with E-state index in [1.54, 1.807) is 0 Å². The van der Waals surface area contributed by atoms with Gasteiger partial charge in [0.2, 0.25) is 0 Å². The van der Waals surface area contributed by atoms with Crippen molar-refractivity contribution in [3.63, 3.8) is 0 Å². The SMILES string of the molecule is CC1(C)c2ccccc2-c2ccc(-c3nc(-c4ccccc4)nc(-c4ccc(-c5ccc6c(c5)C5(C7=CCCC=C7O6)c6ccccc6-c6ccccc65)cc4)n3)cc21. The van der Waals surface area contributed by atoms with E-state index < -0.39 is 5.41 Å². The molecule has 1 aromatic heterocycles. The lowest BCUT2D eigenvalue weighted by atomic mass is 9.64. The van der Waals surface area contributed by atoms with Gasteiger partial charge in [-0.1, -0.05) is 166 Å². The van der Waals surface area contributed by atoms with Gasteiger partial charge in [-0.15, -0.1) is 0 Å². The Bertz CT molecular complexity index is 3060. The van der Waals surface area contributed by atoms with Gasteiger partial charge in [-0.3, -0.25) is 0 Å². The Hall–Kier alpha value is -7.17. The predicted molar refractivity (Wildman–Crippen MR) is 237 cm³/mol. The molecule has 0 fully saturated rings. The zero-order valence-electron chi connectivity index (χ0n) is 32.9. The Morgan fingerprint density at radius 1 is 0.407 bits per heavy atom. The predicted octanol–water partition coefficient (Wildman–Crippen LogP) is 13.2. The minimum absolute atomic E-state index is 0.130. The molecule has 4 heteroatoms. The molecule has 12 rings (SSSR count). The van der Waals surface area contributed by atoms with Crippen molar-refractivity contribution in [1.29, 1.82) is 0 Å². The second-order valence-corrected chi connectivity index (χ2v) is 16.6. The number of allylic oxidation sites excluding steroid dienone is 3. The number of hydrogen-bond donors (Lipinski definition) is 0. The van der Waals surface area contributed by atoms with Gasteiger partial charge in [0.1, 0.15) is 11.5 Å². The Balaban J connectivity index is 0.967.